The fourth-order valence-corrected chi connectivity index (χ4v) is 5.03. The number of aliphatic hydroxyl groups excluding tert-OH is 1. The quantitative estimate of drug-likeness (QED) is 0.703. The summed E-state index contributed by atoms with van der Waals surface area (Å²) in [4.78, 5) is 25.7. The SMILES string of the molecule is CCSC1CC(=O)N(CC(=O)COC2CCCCCCCCCCC2)C1O. The summed E-state index contributed by atoms with van der Waals surface area (Å²) < 4.78 is 5.93. The Hall–Kier alpha value is -0.590. The number of amides is 1. The lowest BCUT2D eigenvalue weighted by Crippen LogP contribution is -2.41. The number of aliphatic hydroxyl groups is 1. The third-order valence-electron chi connectivity index (χ3n) is 5.61. The van der Waals surface area contributed by atoms with E-state index in [0.717, 1.165) is 31.4 Å². The van der Waals surface area contributed by atoms with Crippen molar-refractivity contribution in [2.24, 2.45) is 0 Å². The minimum Gasteiger partial charge on any atom is -0.372 e. The van der Waals surface area contributed by atoms with E-state index < -0.39 is 6.23 Å². The number of hydrogen-bond donors (Lipinski definition) is 1. The van der Waals surface area contributed by atoms with Gasteiger partial charge in [-0.15, -0.1) is 0 Å². The van der Waals surface area contributed by atoms with E-state index in [0.29, 0.717) is 6.42 Å². The topological polar surface area (TPSA) is 66.8 Å². The van der Waals surface area contributed by atoms with Crippen molar-refractivity contribution < 1.29 is 19.4 Å². The van der Waals surface area contributed by atoms with Crippen LogP contribution in [0.1, 0.15) is 84.0 Å². The summed E-state index contributed by atoms with van der Waals surface area (Å²) in [5.74, 6) is 0.602. The van der Waals surface area contributed by atoms with Crippen LogP contribution < -0.4 is 0 Å². The first-order valence-corrected chi connectivity index (χ1v) is 11.9. The van der Waals surface area contributed by atoms with E-state index in [1.165, 1.54) is 49.8 Å². The highest BCUT2D eigenvalue weighted by molar-refractivity contribution is 7.99. The molecule has 2 unspecified atom stereocenters. The minimum absolute atomic E-state index is 0.0342. The van der Waals surface area contributed by atoms with Crippen LogP contribution in [0, 0.1) is 0 Å². The Bertz CT molecular complexity index is 447. The standard InChI is InChI=1S/C21H37NO4S/c1-2-27-19-14-20(24)22(21(19)25)15-17(23)16-26-18-12-10-8-6-4-3-5-7-9-11-13-18/h18-19,21,25H,2-16H2,1H3. The van der Waals surface area contributed by atoms with Gasteiger partial charge >= 0.3 is 0 Å². The van der Waals surface area contributed by atoms with Crippen molar-refractivity contribution >= 4 is 23.5 Å². The Morgan fingerprint density at radius 3 is 2.19 bits per heavy atom. The number of thioether (sulfide) groups is 1. The highest BCUT2D eigenvalue weighted by Gasteiger charge is 2.39. The largest absolute Gasteiger partial charge is 0.372 e. The van der Waals surface area contributed by atoms with E-state index >= 15 is 0 Å². The lowest BCUT2D eigenvalue weighted by molar-refractivity contribution is -0.140. The van der Waals surface area contributed by atoms with Gasteiger partial charge in [0.05, 0.1) is 17.9 Å². The molecule has 6 heteroatoms. The summed E-state index contributed by atoms with van der Waals surface area (Å²) in [5, 5.41) is 10.2. The molecule has 27 heavy (non-hydrogen) atoms. The van der Waals surface area contributed by atoms with Gasteiger partial charge in [-0.2, -0.15) is 11.8 Å². The predicted molar refractivity (Wildman–Crippen MR) is 110 cm³/mol. The number of Topliss-reactive ketones (excluding diaryl/α,β-unsaturated/α-hetero) is 1. The van der Waals surface area contributed by atoms with Crippen LogP contribution in [0.5, 0.6) is 0 Å². The van der Waals surface area contributed by atoms with Crippen LogP contribution in [-0.4, -0.2) is 58.2 Å². The molecule has 1 amide bonds. The van der Waals surface area contributed by atoms with Crippen molar-refractivity contribution in [3.63, 3.8) is 0 Å². The molecule has 0 aromatic heterocycles. The van der Waals surface area contributed by atoms with Gasteiger partial charge in [0.15, 0.2) is 5.78 Å². The summed E-state index contributed by atoms with van der Waals surface area (Å²) in [7, 11) is 0. The van der Waals surface area contributed by atoms with Gasteiger partial charge < -0.3 is 14.7 Å². The fourth-order valence-electron chi connectivity index (χ4n) is 4.02. The molecule has 1 saturated carbocycles. The molecule has 156 valence electrons. The van der Waals surface area contributed by atoms with Crippen LogP contribution in [0.15, 0.2) is 0 Å². The van der Waals surface area contributed by atoms with Gasteiger partial charge in [-0.05, 0) is 18.6 Å². The molecule has 2 fully saturated rings. The summed E-state index contributed by atoms with van der Waals surface area (Å²) in [6.07, 6.45) is 13.1. The highest BCUT2D eigenvalue weighted by Crippen LogP contribution is 2.28. The Morgan fingerprint density at radius 1 is 1.07 bits per heavy atom. The Balaban J connectivity index is 1.74. The molecule has 2 rings (SSSR count). The van der Waals surface area contributed by atoms with E-state index in [9.17, 15) is 14.7 Å². The molecular weight excluding hydrogens is 362 g/mol. The first-order valence-electron chi connectivity index (χ1n) is 10.8. The van der Waals surface area contributed by atoms with Gasteiger partial charge in [0.25, 0.3) is 0 Å². The summed E-state index contributed by atoms with van der Waals surface area (Å²) >= 11 is 1.57. The smallest absolute Gasteiger partial charge is 0.226 e. The second-order valence-electron chi connectivity index (χ2n) is 7.86. The second kappa shape index (κ2) is 12.8. The van der Waals surface area contributed by atoms with E-state index in [1.54, 1.807) is 11.8 Å². The van der Waals surface area contributed by atoms with Gasteiger partial charge in [0.2, 0.25) is 5.91 Å². The second-order valence-corrected chi connectivity index (χ2v) is 9.38. The average molecular weight is 400 g/mol. The molecule has 1 saturated heterocycles. The van der Waals surface area contributed by atoms with Gasteiger partial charge in [0, 0.05) is 6.42 Å². The van der Waals surface area contributed by atoms with Crippen LogP contribution in [0.3, 0.4) is 0 Å². The number of nitrogens with zero attached hydrogens (tertiary/aromatic N) is 1. The number of ketones is 1. The molecule has 0 spiro atoms. The first kappa shape index (κ1) is 22.7. The maximum Gasteiger partial charge on any atom is 0.226 e. The molecule has 1 aliphatic heterocycles. The van der Waals surface area contributed by atoms with E-state index in [-0.39, 0.29) is 36.2 Å². The number of likely N-dealkylation sites (tertiary alicyclic amines) is 1. The summed E-state index contributed by atoms with van der Waals surface area (Å²) in [6, 6.07) is 0. The van der Waals surface area contributed by atoms with Crippen LogP contribution in [0.25, 0.3) is 0 Å². The Morgan fingerprint density at radius 2 is 1.63 bits per heavy atom. The van der Waals surface area contributed by atoms with Crippen molar-refractivity contribution in [1.82, 2.24) is 4.90 Å². The third kappa shape index (κ3) is 8.12. The highest BCUT2D eigenvalue weighted by atomic mass is 32.2. The predicted octanol–water partition coefficient (Wildman–Crippen LogP) is 3.92. The number of rotatable bonds is 7. The fraction of sp³-hybridized carbons (Fsp3) is 0.905. The molecule has 1 aliphatic carbocycles. The lowest BCUT2D eigenvalue weighted by atomic mass is 9.99. The number of carbonyl (C=O) groups is 2. The molecule has 0 aromatic rings. The molecule has 0 radical (unpaired) electrons. The molecule has 2 aliphatic rings. The van der Waals surface area contributed by atoms with E-state index in [1.807, 2.05) is 6.92 Å². The van der Waals surface area contributed by atoms with Gasteiger partial charge in [-0.25, -0.2) is 0 Å². The van der Waals surface area contributed by atoms with Crippen molar-refractivity contribution in [3.8, 4) is 0 Å². The van der Waals surface area contributed by atoms with Crippen LogP contribution in [-0.2, 0) is 14.3 Å². The molecule has 1 heterocycles. The van der Waals surface area contributed by atoms with Crippen molar-refractivity contribution in [2.45, 2.75) is 102 Å². The van der Waals surface area contributed by atoms with Gasteiger partial charge in [-0.1, -0.05) is 64.7 Å². The lowest BCUT2D eigenvalue weighted by Gasteiger charge is -2.23. The molecule has 2 atom stereocenters. The Kier molecular flexibility index (Phi) is 10.7. The average Bonchev–Trinajstić information content (AvgIpc) is 2.89. The molecule has 5 nitrogen and oxygen atoms in total. The zero-order valence-electron chi connectivity index (χ0n) is 16.9. The van der Waals surface area contributed by atoms with Crippen LogP contribution in [0.4, 0.5) is 0 Å². The van der Waals surface area contributed by atoms with E-state index in [2.05, 4.69) is 0 Å². The van der Waals surface area contributed by atoms with E-state index in [4.69, 9.17) is 4.74 Å². The maximum atomic E-state index is 12.3. The summed E-state index contributed by atoms with van der Waals surface area (Å²) in [6.45, 7) is 2.02. The van der Waals surface area contributed by atoms with Gasteiger partial charge in [-0.3, -0.25) is 9.59 Å². The molecule has 0 bridgehead atoms. The first-order chi connectivity index (χ1) is 13.1. The zero-order chi connectivity index (χ0) is 19.5. The maximum absolute atomic E-state index is 12.3. The molecule has 0 aromatic carbocycles. The Labute approximate surface area is 168 Å². The van der Waals surface area contributed by atoms with Crippen molar-refractivity contribution in [3.05, 3.63) is 0 Å². The third-order valence-corrected chi connectivity index (χ3v) is 6.78. The number of hydrogen-bond acceptors (Lipinski definition) is 5. The monoisotopic (exact) mass is 399 g/mol. The van der Waals surface area contributed by atoms with Crippen LogP contribution >= 0.6 is 11.8 Å². The molecular formula is C21H37NO4S. The zero-order valence-corrected chi connectivity index (χ0v) is 17.7. The minimum atomic E-state index is -0.854. The van der Waals surface area contributed by atoms with Crippen molar-refractivity contribution in [1.29, 1.82) is 0 Å². The summed E-state index contributed by atoms with van der Waals surface area (Å²) in [5.41, 5.74) is 0. The molecule has 1 N–H and O–H groups in total. The normalized spacial score (nSPS) is 26.6. The van der Waals surface area contributed by atoms with Gasteiger partial charge in [0.1, 0.15) is 12.8 Å². The number of carbonyl (C=O) groups excluding carboxylic acids is 2. The van der Waals surface area contributed by atoms with Crippen molar-refractivity contribution in [2.75, 3.05) is 18.9 Å². The number of ether oxygens (including phenoxy) is 1. The van der Waals surface area contributed by atoms with Crippen LogP contribution in [0.2, 0.25) is 0 Å².